The minimum atomic E-state index is -1.00. The van der Waals surface area contributed by atoms with Crippen LogP contribution in [0.4, 0.5) is 0 Å². The quantitative estimate of drug-likeness (QED) is 0.683. The van der Waals surface area contributed by atoms with Crippen molar-refractivity contribution in [2.75, 3.05) is 0 Å². The molecule has 0 saturated heterocycles. The molecular formula is C5H2ClO2S. The minimum Gasteiger partial charge on any atom is -0.478 e. The number of carboxylic acid groups (broad SMARTS) is 1. The van der Waals surface area contributed by atoms with E-state index in [9.17, 15) is 4.79 Å². The Hall–Kier alpha value is -0.540. The molecule has 0 bridgehead atoms. The standard InChI is InChI=1S/C5H2ClO2S/c6-4-3(5(7)8)1-2-9-4/h1H,(H,7,8). The van der Waals surface area contributed by atoms with Crippen LogP contribution < -0.4 is 0 Å². The van der Waals surface area contributed by atoms with Gasteiger partial charge in [0.15, 0.2) is 0 Å². The molecule has 0 fully saturated rings. The zero-order chi connectivity index (χ0) is 6.85. The largest absolute Gasteiger partial charge is 0.478 e. The first kappa shape index (κ1) is 6.58. The van der Waals surface area contributed by atoms with Crippen LogP contribution in [0.25, 0.3) is 0 Å². The number of hydrogen-bond acceptors (Lipinski definition) is 2. The van der Waals surface area contributed by atoms with E-state index in [2.05, 4.69) is 5.38 Å². The van der Waals surface area contributed by atoms with E-state index in [-0.39, 0.29) is 9.90 Å². The Kier molecular flexibility index (Phi) is 1.73. The van der Waals surface area contributed by atoms with Gasteiger partial charge in [-0.1, -0.05) is 11.6 Å². The molecule has 2 nitrogen and oxygen atoms in total. The van der Waals surface area contributed by atoms with Crippen LogP contribution in [0.3, 0.4) is 0 Å². The van der Waals surface area contributed by atoms with Crippen molar-refractivity contribution in [2.45, 2.75) is 0 Å². The normalized spacial score (nSPS) is 9.44. The molecule has 1 aromatic rings. The number of carboxylic acids is 1. The van der Waals surface area contributed by atoms with Crippen LogP contribution in [-0.2, 0) is 0 Å². The number of carbonyl (C=O) groups is 1. The van der Waals surface area contributed by atoms with Gasteiger partial charge in [0.2, 0.25) is 0 Å². The Labute approximate surface area is 60.7 Å². The molecule has 0 aliphatic heterocycles. The highest BCUT2D eigenvalue weighted by atomic mass is 35.5. The van der Waals surface area contributed by atoms with Crippen LogP contribution in [0.2, 0.25) is 4.34 Å². The zero-order valence-corrected chi connectivity index (χ0v) is 5.79. The monoisotopic (exact) mass is 161 g/mol. The molecule has 1 N–H and O–H groups in total. The Morgan fingerprint density at radius 2 is 2.56 bits per heavy atom. The molecule has 1 aromatic heterocycles. The molecule has 0 aliphatic rings. The lowest BCUT2D eigenvalue weighted by Gasteiger charge is -1.84. The van der Waals surface area contributed by atoms with E-state index in [1.807, 2.05) is 0 Å². The minimum absolute atomic E-state index is 0.127. The third-order valence-corrected chi connectivity index (χ3v) is 1.86. The van der Waals surface area contributed by atoms with Gasteiger partial charge in [0.25, 0.3) is 0 Å². The smallest absolute Gasteiger partial charge is 0.338 e. The molecule has 0 aliphatic carbocycles. The van der Waals surface area contributed by atoms with Gasteiger partial charge in [-0.2, -0.15) is 0 Å². The second-order valence-electron chi connectivity index (χ2n) is 1.36. The van der Waals surface area contributed by atoms with Crippen LogP contribution in [-0.4, -0.2) is 11.1 Å². The number of aromatic carboxylic acids is 1. The predicted molar refractivity (Wildman–Crippen MR) is 35.1 cm³/mol. The van der Waals surface area contributed by atoms with Gasteiger partial charge in [0, 0.05) is 5.38 Å². The SMILES string of the molecule is O=C(O)c1c[c]sc1Cl. The molecule has 1 rings (SSSR count). The number of halogens is 1. The summed E-state index contributed by atoms with van der Waals surface area (Å²) in [5.41, 5.74) is 0.127. The average molecular weight is 162 g/mol. The van der Waals surface area contributed by atoms with Crippen LogP contribution in [0.1, 0.15) is 10.4 Å². The van der Waals surface area contributed by atoms with Crippen molar-refractivity contribution in [3.05, 3.63) is 21.3 Å². The molecule has 47 valence electrons. The first-order chi connectivity index (χ1) is 4.22. The van der Waals surface area contributed by atoms with Crippen molar-refractivity contribution >= 4 is 28.9 Å². The first-order valence-electron chi connectivity index (χ1n) is 2.10. The summed E-state index contributed by atoms with van der Waals surface area (Å²) in [7, 11) is 0. The maximum Gasteiger partial charge on any atom is 0.338 e. The Bertz CT molecular complexity index is 231. The summed E-state index contributed by atoms with van der Waals surface area (Å²) >= 11 is 6.53. The van der Waals surface area contributed by atoms with Crippen molar-refractivity contribution < 1.29 is 9.90 Å². The maximum atomic E-state index is 10.2. The third kappa shape index (κ3) is 1.23. The highest BCUT2D eigenvalue weighted by Crippen LogP contribution is 2.21. The molecule has 1 heterocycles. The van der Waals surface area contributed by atoms with Gasteiger partial charge >= 0.3 is 5.97 Å². The summed E-state index contributed by atoms with van der Waals surface area (Å²) in [6.45, 7) is 0. The third-order valence-electron chi connectivity index (χ3n) is 0.794. The van der Waals surface area contributed by atoms with Crippen molar-refractivity contribution in [2.24, 2.45) is 0 Å². The van der Waals surface area contributed by atoms with Crippen molar-refractivity contribution in [1.82, 2.24) is 0 Å². The lowest BCUT2D eigenvalue weighted by atomic mass is 10.4. The molecule has 0 unspecified atom stereocenters. The topological polar surface area (TPSA) is 37.3 Å². The lowest BCUT2D eigenvalue weighted by Crippen LogP contribution is -1.92. The van der Waals surface area contributed by atoms with Gasteiger partial charge in [-0.3, -0.25) is 0 Å². The molecule has 9 heavy (non-hydrogen) atoms. The number of thiophene rings is 1. The van der Waals surface area contributed by atoms with Crippen molar-refractivity contribution in [3.8, 4) is 0 Å². The summed E-state index contributed by atoms with van der Waals surface area (Å²) in [6.07, 6.45) is 0. The van der Waals surface area contributed by atoms with Crippen LogP contribution in [0.15, 0.2) is 6.07 Å². The molecule has 0 aromatic carbocycles. The molecule has 4 heteroatoms. The van der Waals surface area contributed by atoms with Crippen LogP contribution in [0, 0.1) is 5.38 Å². The highest BCUT2D eigenvalue weighted by molar-refractivity contribution is 7.14. The van der Waals surface area contributed by atoms with Crippen LogP contribution in [0.5, 0.6) is 0 Å². The predicted octanol–water partition coefficient (Wildman–Crippen LogP) is 1.90. The summed E-state index contributed by atoms with van der Waals surface area (Å²) in [6, 6.07) is 1.36. The van der Waals surface area contributed by atoms with E-state index in [0.717, 1.165) is 11.3 Å². The van der Waals surface area contributed by atoms with Crippen molar-refractivity contribution in [3.63, 3.8) is 0 Å². The molecule has 0 amide bonds. The van der Waals surface area contributed by atoms with Gasteiger partial charge in [0.1, 0.15) is 4.34 Å². The van der Waals surface area contributed by atoms with E-state index in [0.29, 0.717) is 0 Å². The zero-order valence-electron chi connectivity index (χ0n) is 4.22. The van der Waals surface area contributed by atoms with E-state index < -0.39 is 5.97 Å². The van der Waals surface area contributed by atoms with E-state index >= 15 is 0 Å². The second-order valence-corrected chi connectivity index (χ2v) is 2.81. The highest BCUT2D eigenvalue weighted by Gasteiger charge is 2.07. The Morgan fingerprint density at radius 1 is 1.89 bits per heavy atom. The fourth-order valence-corrected chi connectivity index (χ4v) is 1.20. The Morgan fingerprint density at radius 3 is 2.78 bits per heavy atom. The van der Waals surface area contributed by atoms with Crippen molar-refractivity contribution in [1.29, 1.82) is 0 Å². The van der Waals surface area contributed by atoms with E-state index in [4.69, 9.17) is 16.7 Å². The second kappa shape index (κ2) is 2.37. The summed E-state index contributed by atoms with van der Waals surface area (Å²) < 4.78 is 0.280. The molecule has 0 saturated carbocycles. The first-order valence-corrected chi connectivity index (χ1v) is 3.30. The van der Waals surface area contributed by atoms with Gasteiger partial charge in [-0.15, -0.1) is 11.3 Å². The summed E-state index contributed by atoms with van der Waals surface area (Å²) in [5.74, 6) is -1.00. The molecular weight excluding hydrogens is 160 g/mol. The van der Waals surface area contributed by atoms with Gasteiger partial charge in [-0.05, 0) is 6.07 Å². The molecule has 1 radical (unpaired) electrons. The molecule has 0 atom stereocenters. The summed E-state index contributed by atoms with van der Waals surface area (Å²) in [4.78, 5) is 10.2. The van der Waals surface area contributed by atoms with E-state index in [1.54, 1.807) is 0 Å². The van der Waals surface area contributed by atoms with Crippen LogP contribution >= 0.6 is 22.9 Å². The number of rotatable bonds is 1. The lowest BCUT2D eigenvalue weighted by molar-refractivity contribution is 0.0697. The average Bonchev–Trinajstić information content (AvgIpc) is 2.13. The summed E-state index contributed by atoms with van der Waals surface area (Å²) in [5, 5.41) is 11.0. The van der Waals surface area contributed by atoms with E-state index in [1.165, 1.54) is 6.07 Å². The fourth-order valence-electron chi connectivity index (χ4n) is 0.398. The fraction of sp³-hybridized carbons (Fsp3) is 0. The van der Waals surface area contributed by atoms with Gasteiger partial charge < -0.3 is 5.11 Å². The molecule has 0 spiro atoms. The van der Waals surface area contributed by atoms with Gasteiger partial charge in [0.05, 0.1) is 5.56 Å². The maximum absolute atomic E-state index is 10.2. The van der Waals surface area contributed by atoms with Gasteiger partial charge in [-0.25, -0.2) is 4.79 Å². The number of hydrogen-bond donors (Lipinski definition) is 1. The Balaban J connectivity index is 3.08.